The van der Waals surface area contributed by atoms with Crippen LogP contribution in [0, 0.1) is 5.21 Å². The van der Waals surface area contributed by atoms with Crippen molar-refractivity contribution in [1.82, 2.24) is 0 Å². The van der Waals surface area contributed by atoms with Gasteiger partial charge in [-0.05, 0) is 12.8 Å². The smallest absolute Gasteiger partial charge is 0.291 e. The number of nitrogens with zero attached hydrogens (tertiary/aromatic N) is 1. The summed E-state index contributed by atoms with van der Waals surface area (Å²) < 4.78 is 23.0. The Balaban J connectivity index is 2.60. The number of nitrogens with two attached hydrogens (primary N) is 1. The van der Waals surface area contributed by atoms with Crippen LogP contribution in [0.2, 0.25) is 0 Å². The third kappa shape index (κ3) is 1.85. The lowest BCUT2D eigenvalue weighted by Crippen LogP contribution is -2.61. The number of halogens is 2. The molecule has 0 aliphatic carbocycles. The van der Waals surface area contributed by atoms with Crippen LogP contribution in [0.3, 0.4) is 0 Å². The van der Waals surface area contributed by atoms with E-state index in [0.717, 1.165) is 0 Å². The lowest BCUT2D eigenvalue weighted by atomic mass is 10.0. The lowest BCUT2D eigenvalue weighted by molar-refractivity contribution is -0.926. The number of rotatable bonds is 1. The maximum Gasteiger partial charge on any atom is 0.291 e. The van der Waals surface area contributed by atoms with Crippen molar-refractivity contribution in [2.45, 2.75) is 31.7 Å². The summed E-state index contributed by atoms with van der Waals surface area (Å²) in [5, 5.41) is 11.1. The molecule has 11 heavy (non-hydrogen) atoms. The predicted molar refractivity (Wildman–Crippen MR) is 36.3 cm³/mol. The van der Waals surface area contributed by atoms with Gasteiger partial charge < -0.3 is 5.21 Å². The summed E-state index contributed by atoms with van der Waals surface area (Å²) in [5.74, 6) is 5.12. The van der Waals surface area contributed by atoms with E-state index in [0.29, 0.717) is 12.8 Å². The average Bonchev–Trinajstić information content (AvgIpc) is 1.85. The van der Waals surface area contributed by atoms with Crippen molar-refractivity contribution >= 4 is 0 Å². The Kier molecular flexibility index (Phi) is 2.41. The zero-order valence-electron chi connectivity index (χ0n) is 6.17. The van der Waals surface area contributed by atoms with Gasteiger partial charge in [-0.3, -0.25) is 4.76 Å². The molecule has 0 aromatic carbocycles. The van der Waals surface area contributed by atoms with E-state index in [1.165, 1.54) is 0 Å². The minimum Gasteiger partial charge on any atom is -0.611 e. The Hall–Kier alpha value is -0.260. The zero-order valence-corrected chi connectivity index (χ0v) is 6.17. The van der Waals surface area contributed by atoms with Gasteiger partial charge in [0.25, 0.3) is 6.43 Å². The monoisotopic (exact) mass is 166 g/mol. The quantitative estimate of drug-likeness (QED) is 0.359. The second-order valence-electron chi connectivity index (χ2n) is 2.98. The summed E-state index contributed by atoms with van der Waals surface area (Å²) in [6.07, 6.45) is -0.993. The van der Waals surface area contributed by atoms with E-state index in [1.807, 2.05) is 0 Å². The second kappa shape index (κ2) is 3.00. The van der Waals surface area contributed by atoms with Gasteiger partial charge >= 0.3 is 0 Å². The van der Waals surface area contributed by atoms with Gasteiger partial charge in [-0.25, -0.2) is 8.78 Å². The molecule has 1 saturated heterocycles. The molecule has 2 N–H and O–H groups in total. The van der Waals surface area contributed by atoms with E-state index >= 15 is 0 Å². The van der Waals surface area contributed by atoms with Crippen LogP contribution in [0.25, 0.3) is 0 Å². The van der Waals surface area contributed by atoms with Crippen LogP contribution in [0.4, 0.5) is 8.78 Å². The molecule has 0 aromatic heterocycles. The molecule has 1 aliphatic heterocycles. The fourth-order valence-electron chi connectivity index (χ4n) is 1.41. The molecule has 0 amide bonds. The molecule has 0 bridgehead atoms. The highest BCUT2D eigenvalue weighted by molar-refractivity contribution is 4.67. The topological polar surface area (TPSA) is 49.1 Å². The molecular formula is C6H12F2N2O. The molecule has 3 nitrogen and oxygen atoms in total. The highest BCUT2D eigenvalue weighted by Gasteiger charge is 2.36. The molecule has 0 saturated carbocycles. The van der Waals surface area contributed by atoms with Gasteiger partial charge in [0.05, 0.1) is 6.54 Å². The predicted octanol–water partition coefficient (Wildman–Crippen LogP) is 0.992. The Bertz CT molecular complexity index is 141. The average molecular weight is 166 g/mol. The molecule has 2 unspecified atom stereocenters. The standard InChI is InChI=1S/C6H12F2N2O/c7-6(8)5-3-1-2-4-10(5,9)11/h5-6H,1-4,9H2. The van der Waals surface area contributed by atoms with Crippen molar-refractivity contribution in [3.63, 3.8) is 0 Å². The van der Waals surface area contributed by atoms with E-state index in [2.05, 4.69) is 0 Å². The normalized spacial score (nSPS) is 39.5. The first-order chi connectivity index (χ1) is 5.04. The fraction of sp³-hybridized carbons (Fsp3) is 1.00. The van der Waals surface area contributed by atoms with Crippen LogP contribution in [0.1, 0.15) is 19.3 Å². The highest BCUT2D eigenvalue weighted by atomic mass is 19.3. The van der Waals surface area contributed by atoms with E-state index in [4.69, 9.17) is 5.84 Å². The second-order valence-corrected chi connectivity index (χ2v) is 2.98. The van der Waals surface area contributed by atoms with Gasteiger partial charge in [0.2, 0.25) is 0 Å². The third-order valence-electron chi connectivity index (χ3n) is 2.11. The van der Waals surface area contributed by atoms with E-state index in [1.54, 1.807) is 0 Å². The van der Waals surface area contributed by atoms with Gasteiger partial charge in [0.15, 0.2) is 6.04 Å². The molecular weight excluding hydrogens is 154 g/mol. The first-order valence-electron chi connectivity index (χ1n) is 3.69. The first-order valence-corrected chi connectivity index (χ1v) is 3.69. The van der Waals surface area contributed by atoms with E-state index in [-0.39, 0.29) is 13.0 Å². The molecule has 66 valence electrons. The molecule has 1 aliphatic rings. The Morgan fingerprint density at radius 1 is 1.45 bits per heavy atom. The maximum atomic E-state index is 12.1. The van der Waals surface area contributed by atoms with Gasteiger partial charge in [0, 0.05) is 6.42 Å². The molecule has 1 fully saturated rings. The number of piperidine rings is 1. The fourth-order valence-corrected chi connectivity index (χ4v) is 1.41. The van der Waals surface area contributed by atoms with Crippen LogP contribution in [-0.2, 0) is 0 Å². The van der Waals surface area contributed by atoms with Crippen molar-refractivity contribution in [3.8, 4) is 0 Å². The number of quaternary nitrogens is 1. The first kappa shape index (κ1) is 8.83. The van der Waals surface area contributed by atoms with Gasteiger partial charge in [-0.15, -0.1) is 0 Å². The van der Waals surface area contributed by atoms with Crippen LogP contribution < -0.4 is 5.84 Å². The van der Waals surface area contributed by atoms with E-state index in [9.17, 15) is 14.0 Å². The van der Waals surface area contributed by atoms with Crippen molar-refractivity contribution in [1.29, 1.82) is 0 Å². The van der Waals surface area contributed by atoms with Crippen LogP contribution in [0.5, 0.6) is 0 Å². The van der Waals surface area contributed by atoms with Crippen molar-refractivity contribution < 1.29 is 13.5 Å². The molecule has 5 heteroatoms. The Labute approximate surface area is 63.9 Å². The van der Waals surface area contributed by atoms with Crippen molar-refractivity contribution in [2.75, 3.05) is 6.54 Å². The molecule has 0 aromatic rings. The number of alkyl halides is 2. The number of hydrogen-bond donors (Lipinski definition) is 1. The zero-order chi connectivity index (χ0) is 8.48. The summed E-state index contributed by atoms with van der Waals surface area (Å²) in [7, 11) is 0. The molecule has 0 radical (unpaired) electrons. The highest BCUT2D eigenvalue weighted by Crippen LogP contribution is 2.24. The van der Waals surface area contributed by atoms with Crippen LogP contribution in [0.15, 0.2) is 0 Å². The lowest BCUT2D eigenvalue weighted by Gasteiger charge is -2.45. The molecule has 1 heterocycles. The van der Waals surface area contributed by atoms with Gasteiger partial charge in [0.1, 0.15) is 0 Å². The van der Waals surface area contributed by atoms with Crippen LogP contribution >= 0.6 is 0 Å². The van der Waals surface area contributed by atoms with Crippen molar-refractivity contribution in [3.05, 3.63) is 5.21 Å². The van der Waals surface area contributed by atoms with E-state index < -0.39 is 17.2 Å². The summed E-state index contributed by atoms with van der Waals surface area (Å²) in [5.41, 5.74) is 0. The Morgan fingerprint density at radius 2 is 2.09 bits per heavy atom. The summed E-state index contributed by atoms with van der Waals surface area (Å²) in [4.78, 5) is 0. The minimum atomic E-state index is -2.59. The summed E-state index contributed by atoms with van der Waals surface area (Å²) in [6.45, 7) is 0.120. The summed E-state index contributed by atoms with van der Waals surface area (Å²) >= 11 is 0. The van der Waals surface area contributed by atoms with Crippen LogP contribution in [-0.4, -0.2) is 23.8 Å². The number of hydroxylamine groups is 2. The SMILES string of the molecule is N[N+]1([O-])CCCCC1C(F)F. The molecule has 2 atom stereocenters. The largest absolute Gasteiger partial charge is 0.611 e. The molecule has 1 rings (SSSR count). The van der Waals surface area contributed by atoms with Gasteiger partial charge in [-0.1, -0.05) is 0 Å². The number of hydrogen-bond acceptors (Lipinski definition) is 2. The minimum absolute atomic E-state index is 0.120. The molecule has 0 spiro atoms. The third-order valence-corrected chi connectivity index (χ3v) is 2.11. The summed E-state index contributed by atoms with van der Waals surface area (Å²) in [6, 6.07) is -1.20. The van der Waals surface area contributed by atoms with Gasteiger partial charge in [-0.2, -0.15) is 5.84 Å². The Morgan fingerprint density at radius 3 is 2.45 bits per heavy atom. The van der Waals surface area contributed by atoms with Crippen molar-refractivity contribution in [2.24, 2.45) is 5.84 Å². The maximum absolute atomic E-state index is 12.1.